The maximum atomic E-state index is 12.5. The summed E-state index contributed by atoms with van der Waals surface area (Å²) in [5, 5.41) is 0. The number of carbonyl (C=O) groups excluding carboxylic acids is 1. The second-order valence-electron chi connectivity index (χ2n) is 7.55. The molecule has 23 heavy (non-hydrogen) atoms. The first-order valence-corrected chi connectivity index (χ1v) is 11.0. The van der Waals surface area contributed by atoms with Gasteiger partial charge in [-0.15, -0.1) is 0 Å². The molecule has 0 saturated heterocycles. The van der Waals surface area contributed by atoms with Crippen molar-refractivity contribution in [3.05, 3.63) is 28.5 Å². The Morgan fingerprint density at radius 2 is 1.87 bits per heavy atom. The van der Waals surface area contributed by atoms with Gasteiger partial charge in [0, 0.05) is 14.2 Å². The molecule has 0 aromatic heterocycles. The summed E-state index contributed by atoms with van der Waals surface area (Å²) >= 11 is 0. The molecule has 4 unspecified atom stereocenters. The van der Waals surface area contributed by atoms with Crippen molar-refractivity contribution in [3.63, 3.8) is 0 Å². The van der Waals surface area contributed by atoms with E-state index in [-0.39, 0.29) is 52.4 Å². The third-order valence-electron chi connectivity index (χ3n) is 6.30. The van der Waals surface area contributed by atoms with Crippen LogP contribution in [0.3, 0.4) is 0 Å². The molecule has 6 heteroatoms. The Kier molecular flexibility index (Phi) is 8.39. The van der Waals surface area contributed by atoms with Crippen LogP contribution in [0.5, 0.6) is 0 Å². The second kappa shape index (κ2) is 8.23. The van der Waals surface area contributed by atoms with E-state index >= 15 is 0 Å². The van der Waals surface area contributed by atoms with E-state index in [1.807, 2.05) is 0 Å². The molecule has 4 atom stereocenters. The van der Waals surface area contributed by atoms with Gasteiger partial charge in [-0.2, -0.15) is 0 Å². The Morgan fingerprint density at radius 1 is 1.26 bits per heavy atom. The van der Waals surface area contributed by atoms with Crippen LogP contribution < -0.4 is 24.8 Å². The summed E-state index contributed by atoms with van der Waals surface area (Å²) in [4.78, 5) is 12.5. The molecule has 127 valence electrons. The van der Waals surface area contributed by atoms with E-state index in [9.17, 15) is 4.79 Å². The van der Waals surface area contributed by atoms with Crippen molar-refractivity contribution in [2.24, 2.45) is 17.3 Å². The van der Waals surface area contributed by atoms with Crippen molar-refractivity contribution in [2.45, 2.75) is 58.2 Å². The quantitative estimate of drug-likeness (QED) is 0.526. The van der Waals surface area contributed by atoms with Gasteiger partial charge in [-0.3, -0.25) is 0 Å². The Labute approximate surface area is 169 Å². The van der Waals surface area contributed by atoms with Crippen molar-refractivity contribution >= 4 is 14.7 Å². The molecule has 2 fully saturated rings. The Bertz CT molecular complexity index is 535. The van der Waals surface area contributed by atoms with E-state index in [0.29, 0.717) is 11.5 Å². The Hall–Kier alpha value is 0.461. The summed E-state index contributed by atoms with van der Waals surface area (Å²) in [6.07, 6.45) is 6.87. The van der Waals surface area contributed by atoms with Gasteiger partial charge < -0.3 is 35.3 Å². The van der Waals surface area contributed by atoms with Crippen molar-refractivity contribution < 1.29 is 51.3 Å². The SMILES string of the molecule is CC1=C(C)CC(C2(C([NH-])=O)C3CCC(C3)C2[SiH](C)C)=C1.[Cl-].[Cl-].[Ti+3]. The molecule has 1 amide bonds. The molecule has 2 nitrogen and oxygen atoms in total. The Balaban J connectivity index is 0.00000161. The topological polar surface area (TPSA) is 40.9 Å². The molecule has 1 N–H and O–H groups in total. The second-order valence-corrected chi connectivity index (χ2v) is 10.8. The maximum absolute atomic E-state index is 12.5. The molecule has 0 aromatic rings. The summed E-state index contributed by atoms with van der Waals surface area (Å²) in [5.41, 5.74) is 12.3. The average Bonchev–Trinajstić information content (AvgIpc) is 3.02. The largest absolute Gasteiger partial charge is 3.00 e. The number of rotatable bonds is 3. The van der Waals surface area contributed by atoms with Crippen molar-refractivity contribution in [3.8, 4) is 0 Å². The normalized spacial score (nSPS) is 34.7. The number of nitrogens with one attached hydrogen (secondary N) is 1. The molecule has 2 bridgehead atoms. The molecule has 0 aliphatic heterocycles. The zero-order valence-electron chi connectivity index (χ0n) is 14.4. The first-order chi connectivity index (χ1) is 9.38. The smallest absolute Gasteiger partial charge is 1.00 e. The van der Waals surface area contributed by atoms with Crippen LogP contribution in [-0.4, -0.2) is 14.7 Å². The van der Waals surface area contributed by atoms with Crippen LogP contribution in [0.25, 0.3) is 5.73 Å². The number of allylic oxidation sites excluding steroid dienone is 3. The van der Waals surface area contributed by atoms with Crippen LogP contribution >= 0.6 is 0 Å². The summed E-state index contributed by atoms with van der Waals surface area (Å²) < 4.78 is 0. The predicted molar refractivity (Wildman–Crippen MR) is 86.3 cm³/mol. The molecular weight excluding hydrogens is 381 g/mol. The molecule has 3 rings (SSSR count). The predicted octanol–water partition coefficient (Wildman–Crippen LogP) is -1.49. The van der Waals surface area contributed by atoms with Gasteiger partial charge >= 0.3 is 21.7 Å². The van der Waals surface area contributed by atoms with Crippen LogP contribution in [0.1, 0.15) is 39.5 Å². The third-order valence-corrected chi connectivity index (χ3v) is 8.80. The van der Waals surface area contributed by atoms with Gasteiger partial charge in [0.2, 0.25) is 0 Å². The van der Waals surface area contributed by atoms with E-state index < -0.39 is 14.2 Å². The monoisotopic (exact) mass is 406 g/mol. The summed E-state index contributed by atoms with van der Waals surface area (Å²) in [6, 6.07) is 0. The first-order valence-electron chi connectivity index (χ1n) is 8.02. The average molecular weight is 407 g/mol. The summed E-state index contributed by atoms with van der Waals surface area (Å²) in [5.74, 6) is 0.912. The molecule has 2 saturated carbocycles. The minimum Gasteiger partial charge on any atom is -1.00 e. The van der Waals surface area contributed by atoms with E-state index in [2.05, 4.69) is 33.0 Å². The number of hydrogen-bond acceptors (Lipinski definition) is 1. The maximum Gasteiger partial charge on any atom is 3.00 e. The van der Waals surface area contributed by atoms with E-state index in [0.717, 1.165) is 12.3 Å². The van der Waals surface area contributed by atoms with Gasteiger partial charge in [0.15, 0.2) is 0 Å². The van der Waals surface area contributed by atoms with Gasteiger partial charge in [0.05, 0.1) is 5.91 Å². The van der Waals surface area contributed by atoms with Crippen LogP contribution in [0.4, 0.5) is 0 Å². The number of hydrogen-bond donors (Lipinski definition) is 0. The van der Waals surface area contributed by atoms with Gasteiger partial charge in [0.1, 0.15) is 0 Å². The fourth-order valence-corrected chi connectivity index (χ4v) is 8.68. The van der Waals surface area contributed by atoms with E-state index in [4.69, 9.17) is 5.73 Å². The van der Waals surface area contributed by atoms with Gasteiger partial charge in [0.25, 0.3) is 0 Å². The van der Waals surface area contributed by atoms with Gasteiger partial charge in [-0.05, 0) is 50.5 Å². The van der Waals surface area contributed by atoms with E-state index in [1.54, 1.807) is 0 Å². The zero-order valence-corrected chi connectivity index (χ0v) is 18.6. The van der Waals surface area contributed by atoms with Crippen molar-refractivity contribution in [1.82, 2.24) is 0 Å². The molecule has 3 aliphatic carbocycles. The van der Waals surface area contributed by atoms with Crippen LogP contribution in [-0.2, 0) is 26.5 Å². The van der Waals surface area contributed by atoms with Crippen LogP contribution in [0.15, 0.2) is 22.8 Å². The number of amides is 1. The van der Waals surface area contributed by atoms with Gasteiger partial charge in [-0.25, -0.2) is 0 Å². The summed E-state index contributed by atoms with van der Waals surface area (Å²) in [7, 11) is -0.946. The number of fused-ring (bicyclic) bond motifs is 2. The minimum atomic E-state index is -0.946. The standard InChI is InChI=1S/C17H27NOSi.2ClH.Ti/c1-10-7-14(8-11(10)2)17(16(18)19)13-6-5-12(9-13)15(17)20(3)4;;;/h7,12-13,15,20H,5-6,8-9H2,1-4H3,(H2,18,19);2*1H;/q;;;+3/p-3. The van der Waals surface area contributed by atoms with Crippen molar-refractivity contribution in [2.75, 3.05) is 0 Å². The number of carbonyl (C=O) groups is 1. The van der Waals surface area contributed by atoms with Gasteiger partial charge in [-0.1, -0.05) is 42.3 Å². The fourth-order valence-electron chi connectivity index (χ4n) is 5.56. The minimum absolute atomic E-state index is 0. The van der Waals surface area contributed by atoms with E-state index in [1.165, 1.54) is 36.0 Å². The molecule has 3 aliphatic rings. The van der Waals surface area contributed by atoms with Crippen LogP contribution in [0.2, 0.25) is 18.6 Å². The molecule has 1 radical (unpaired) electrons. The first kappa shape index (κ1) is 23.5. The molecule has 0 aromatic carbocycles. The fraction of sp³-hybridized carbons (Fsp3) is 0.706. The summed E-state index contributed by atoms with van der Waals surface area (Å²) in [6.45, 7) is 9.09. The zero-order chi connectivity index (χ0) is 14.7. The molecule has 0 heterocycles. The Morgan fingerprint density at radius 3 is 2.30 bits per heavy atom. The van der Waals surface area contributed by atoms with Crippen molar-refractivity contribution in [1.29, 1.82) is 0 Å². The number of halogens is 2. The van der Waals surface area contributed by atoms with Crippen LogP contribution in [0, 0.1) is 17.3 Å². The molecular formula is C17H26Cl2NOSiTi. The third kappa shape index (κ3) is 3.29. The molecule has 0 spiro atoms.